The molecule has 2 N–H and O–H groups in total. The maximum Gasteiger partial charge on any atom is 0.416 e. The lowest BCUT2D eigenvalue weighted by atomic mass is 10.1. The number of carbonyl (C=O) groups excluding carboxylic acids is 1. The molecule has 10 heteroatoms. The number of aromatic nitrogens is 3. The van der Waals surface area contributed by atoms with Crippen LogP contribution in [0.5, 0.6) is 17.2 Å². The number of pyridine rings is 1. The van der Waals surface area contributed by atoms with Crippen LogP contribution in [0.3, 0.4) is 0 Å². The quantitative estimate of drug-likeness (QED) is 0.317. The van der Waals surface area contributed by atoms with Gasteiger partial charge in [0.15, 0.2) is 0 Å². The van der Waals surface area contributed by atoms with Crippen LogP contribution in [0.25, 0.3) is 11.0 Å². The summed E-state index contributed by atoms with van der Waals surface area (Å²) in [5.74, 6) is 3.71. The number of H-pyrrole nitrogens is 1. The Morgan fingerprint density at radius 2 is 1.89 bits per heavy atom. The molecule has 2 unspecified atom stereocenters. The van der Waals surface area contributed by atoms with E-state index in [1.807, 2.05) is 32.0 Å². The van der Waals surface area contributed by atoms with Crippen molar-refractivity contribution in [3.8, 4) is 17.2 Å². The van der Waals surface area contributed by atoms with Crippen molar-refractivity contribution in [3.63, 3.8) is 0 Å². The summed E-state index contributed by atoms with van der Waals surface area (Å²) >= 11 is 0. The van der Waals surface area contributed by atoms with Crippen molar-refractivity contribution in [2.24, 2.45) is 0 Å². The van der Waals surface area contributed by atoms with Crippen molar-refractivity contribution < 1.29 is 27.4 Å². The van der Waals surface area contributed by atoms with E-state index in [1.165, 1.54) is 18.0 Å². The fourth-order valence-electron chi connectivity index (χ4n) is 4.37. The molecule has 3 aliphatic rings. The molecule has 0 radical (unpaired) electrons. The molecular weight excluding hydrogens is 485 g/mol. The van der Waals surface area contributed by atoms with E-state index in [0.717, 1.165) is 41.4 Å². The first kappa shape index (κ1) is 24.6. The van der Waals surface area contributed by atoms with E-state index >= 15 is 0 Å². The summed E-state index contributed by atoms with van der Waals surface area (Å²) in [6.45, 7) is 4.00. The number of halogens is 3. The van der Waals surface area contributed by atoms with Crippen molar-refractivity contribution in [3.05, 3.63) is 71.7 Å². The molecule has 2 atom stereocenters. The van der Waals surface area contributed by atoms with Gasteiger partial charge in [0.05, 0.1) is 22.9 Å². The van der Waals surface area contributed by atoms with Gasteiger partial charge < -0.3 is 19.8 Å². The second-order valence-corrected chi connectivity index (χ2v) is 8.62. The summed E-state index contributed by atoms with van der Waals surface area (Å²) in [5, 5.41) is 2.79. The number of nitrogens with one attached hydrogen (secondary N) is 2. The van der Waals surface area contributed by atoms with Crippen LogP contribution in [-0.2, 0) is 17.4 Å². The van der Waals surface area contributed by atoms with Gasteiger partial charge in [-0.1, -0.05) is 13.8 Å². The summed E-state index contributed by atoms with van der Waals surface area (Å²) in [6.07, 6.45) is 1.36. The van der Waals surface area contributed by atoms with Crippen LogP contribution in [0.4, 0.5) is 19.0 Å². The lowest BCUT2D eigenvalue weighted by molar-refractivity contribution is -0.137. The average Bonchev–Trinajstić information content (AvgIpc) is 3.33. The van der Waals surface area contributed by atoms with Crippen LogP contribution < -0.4 is 14.8 Å². The van der Waals surface area contributed by atoms with Gasteiger partial charge in [-0.2, -0.15) is 13.2 Å². The molecule has 1 amide bonds. The zero-order chi connectivity index (χ0) is 26.2. The molecule has 2 aliphatic heterocycles. The molecule has 37 heavy (non-hydrogen) atoms. The number of amides is 1. The van der Waals surface area contributed by atoms with Crippen LogP contribution in [0.15, 0.2) is 55.0 Å². The van der Waals surface area contributed by atoms with E-state index in [0.29, 0.717) is 41.7 Å². The lowest BCUT2D eigenvalue weighted by Crippen LogP contribution is -2.20. The number of aromatic amines is 1. The third kappa shape index (κ3) is 5.09. The monoisotopic (exact) mass is 510 g/mol. The molecule has 0 saturated heterocycles. The highest BCUT2D eigenvalue weighted by Gasteiger charge is 2.48. The number of anilines is 1. The van der Waals surface area contributed by atoms with Crippen LogP contribution in [0.2, 0.25) is 0 Å². The maximum atomic E-state index is 12.2. The second-order valence-electron chi connectivity index (χ2n) is 8.62. The fourth-order valence-corrected chi connectivity index (χ4v) is 4.37. The van der Waals surface area contributed by atoms with Gasteiger partial charge in [0.25, 0.3) is 0 Å². The van der Waals surface area contributed by atoms with E-state index in [1.54, 1.807) is 6.20 Å². The largest absolute Gasteiger partial charge is 0.489 e. The molecule has 7 rings (SSSR count). The Hall–Kier alpha value is -4.08. The Labute approximate surface area is 211 Å². The molecule has 1 aliphatic carbocycles. The first-order valence-corrected chi connectivity index (χ1v) is 12.1. The minimum atomic E-state index is -4.29. The Balaban J connectivity index is 0.000000160. The number of hydrogen-bond donors (Lipinski definition) is 2. The zero-order valence-corrected chi connectivity index (χ0v) is 20.2. The Morgan fingerprint density at radius 1 is 1.05 bits per heavy atom. The zero-order valence-electron chi connectivity index (χ0n) is 20.2. The van der Waals surface area contributed by atoms with Crippen molar-refractivity contribution >= 4 is 22.8 Å². The van der Waals surface area contributed by atoms with Gasteiger partial charge in [-0.15, -0.1) is 0 Å². The molecule has 2 aromatic carbocycles. The second kappa shape index (κ2) is 9.76. The van der Waals surface area contributed by atoms with Crippen molar-refractivity contribution in [1.29, 1.82) is 0 Å². The van der Waals surface area contributed by atoms with Crippen LogP contribution >= 0.6 is 0 Å². The summed E-state index contributed by atoms with van der Waals surface area (Å²) in [7, 11) is 0. The minimum Gasteiger partial charge on any atom is -0.489 e. The van der Waals surface area contributed by atoms with Gasteiger partial charge in [-0.3, -0.25) is 4.79 Å². The average molecular weight is 511 g/mol. The number of hydrogen-bond acceptors (Lipinski definition) is 5. The standard InChI is InChI=1S/C17H14N2O3.C8H5F3N2.C2H6/c20-16-4-2-10-14(5-6-18-17(10)19-16)21-9-1-3-13-11(7-9)12-8-15(12)22-13;9-8(10,11)5-1-2-6-7(3-5)13-4-12-6;1-2/h1,3,5-7,12,15H,2,4,8H2,(H,18,19,20);1-4H,(H,12,13);1-2H3. The van der Waals surface area contributed by atoms with Gasteiger partial charge >= 0.3 is 6.18 Å². The summed E-state index contributed by atoms with van der Waals surface area (Å²) < 4.78 is 48.4. The lowest BCUT2D eigenvalue weighted by Gasteiger charge is -2.19. The SMILES string of the molecule is CC.FC(F)(F)c1ccc2nc[nH]c2c1.O=C1CCc2c(Oc3ccc4c(c3)C3CC3O4)ccnc2N1. The first-order valence-electron chi connectivity index (χ1n) is 12.1. The first-order chi connectivity index (χ1) is 17.8. The van der Waals surface area contributed by atoms with E-state index in [4.69, 9.17) is 9.47 Å². The minimum absolute atomic E-state index is 0.00612. The number of imidazole rings is 1. The van der Waals surface area contributed by atoms with E-state index in [2.05, 4.69) is 26.3 Å². The number of benzene rings is 2. The molecule has 0 spiro atoms. The summed E-state index contributed by atoms with van der Waals surface area (Å²) in [4.78, 5) is 22.1. The highest BCUT2D eigenvalue weighted by Crippen LogP contribution is 2.54. The van der Waals surface area contributed by atoms with Gasteiger partial charge in [-0.25, -0.2) is 9.97 Å². The Morgan fingerprint density at radius 3 is 2.70 bits per heavy atom. The van der Waals surface area contributed by atoms with Gasteiger partial charge in [0.2, 0.25) is 5.91 Å². The number of fused-ring (bicyclic) bond motifs is 5. The van der Waals surface area contributed by atoms with Crippen LogP contribution in [0, 0.1) is 0 Å². The van der Waals surface area contributed by atoms with E-state index < -0.39 is 11.7 Å². The third-order valence-corrected chi connectivity index (χ3v) is 6.24. The van der Waals surface area contributed by atoms with Crippen molar-refractivity contribution in [1.82, 2.24) is 15.0 Å². The van der Waals surface area contributed by atoms with Crippen LogP contribution in [-0.4, -0.2) is 27.0 Å². The fraction of sp³-hybridized carbons (Fsp3) is 0.296. The number of alkyl halides is 3. The molecule has 1 saturated carbocycles. The highest BCUT2D eigenvalue weighted by atomic mass is 19.4. The van der Waals surface area contributed by atoms with Crippen molar-refractivity contribution in [2.45, 2.75) is 51.3 Å². The number of carbonyl (C=O) groups is 1. The van der Waals surface area contributed by atoms with E-state index in [-0.39, 0.29) is 5.91 Å². The van der Waals surface area contributed by atoms with Crippen LogP contribution in [0.1, 0.15) is 49.3 Å². The van der Waals surface area contributed by atoms with Gasteiger partial charge in [0, 0.05) is 29.7 Å². The normalized spacial score (nSPS) is 18.6. The number of rotatable bonds is 2. The highest BCUT2D eigenvalue weighted by molar-refractivity contribution is 5.93. The van der Waals surface area contributed by atoms with Gasteiger partial charge in [-0.05, 0) is 55.3 Å². The van der Waals surface area contributed by atoms with Gasteiger partial charge in [0.1, 0.15) is 29.2 Å². The predicted molar refractivity (Wildman–Crippen MR) is 132 cm³/mol. The molecular formula is C27H25F3N4O3. The number of ether oxygens (including phenoxy) is 2. The smallest absolute Gasteiger partial charge is 0.416 e. The molecule has 0 bridgehead atoms. The molecule has 2 aromatic heterocycles. The Kier molecular flexibility index (Phi) is 6.49. The molecule has 1 fully saturated rings. The third-order valence-electron chi connectivity index (χ3n) is 6.24. The Bertz CT molecular complexity index is 1450. The number of nitrogens with zero attached hydrogens (tertiary/aromatic N) is 2. The molecule has 7 nitrogen and oxygen atoms in total. The summed E-state index contributed by atoms with van der Waals surface area (Å²) in [6, 6.07) is 11.2. The molecule has 4 heterocycles. The van der Waals surface area contributed by atoms with Crippen molar-refractivity contribution in [2.75, 3.05) is 5.32 Å². The summed E-state index contributed by atoms with van der Waals surface area (Å²) in [5.41, 5.74) is 2.48. The topological polar surface area (TPSA) is 89.1 Å². The molecule has 4 aromatic rings. The predicted octanol–water partition coefficient (Wildman–Crippen LogP) is 6.61. The molecule has 192 valence electrons. The maximum absolute atomic E-state index is 12.2. The van der Waals surface area contributed by atoms with E-state index in [9.17, 15) is 18.0 Å².